The van der Waals surface area contributed by atoms with Crippen LogP contribution in [0.4, 0.5) is 0 Å². The number of likely N-dealkylation sites (N-methyl/N-ethyl adjacent to an activating group) is 1. The van der Waals surface area contributed by atoms with Gasteiger partial charge in [0.15, 0.2) is 13.2 Å². The Hall–Kier alpha value is -3.22. The lowest BCUT2D eigenvalue weighted by molar-refractivity contribution is -0.139. The molecule has 0 unspecified atom stereocenters. The van der Waals surface area contributed by atoms with Gasteiger partial charge in [-0.2, -0.15) is 0 Å². The van der Waals surface area contributed by atoms with Crippen LogP contribution in [0, 0.1) is 0 Å². The van der Waals surface area contributed by atoms with Crippen molar-refractivity contribution in [3.63, 3.8) is 0 Å². The molecule has 0 radical (unpaired) electrons. The number of rotatable bonds is 10. The minimum Gasteiger partial charge on any atom is -0.494 e. The highest BCUT2D eigenvalue weighted by Gasteiger charge is 2.11. The number of hydrogen-bond acceptors (Lipinski definition) is 5. The number of carbonyl (C=O) groups is 2. The molecule has 2 aromatic rings. The third-order valence-electron chi connectivity index (χ3n) is 3.63. The molecular weight excluding hydrogens is 350 g/mol. The van der Waals surface area contributed by atoms with Crippen LogP contribution in [0.5, 0.6) is 17.2 Å². The summed E-state index contributed by atoms with van der Waals surface area (Å²) < 4.78 is 15.9. The number of nitrogens with zero attached hydrogens (tertiary/aromatic N) is 1. The maximum absolute atomic E-state index is 12.2. The fourth-order valence-corrected chi connectivity index (χ4v) is 2.25. The number of benzene rings is 2. The Kier molecular flexibility index (Phi) is 7.49. The first-order valence-corrected chi connectivity index (χ1v) is 8.51. The van der Waals surface area contributed by atoms with Crippen LogP contribution in [0.1, 0.15) is 12.5 Å². The van der Waals surface area contributed by atoms with E-state index in [0.29, 0.717) is 24.7 Å². The van der Waals surface area contributed by atoms with Crippen LogP contribution in [0.3, 0.4) is 0 Å². The fourth-order valence-electron chi connectivity index (χ4n) is 2.25. The van der Waals surface area contributed by atoms with E-state index in [1.807, 2.05) is 6.92 Å². The molecule has 0 spiro atoms. The first-order valence-electron chi connectivity index (χ1n) is 8.51. The maximum Gasteiger partial charge on any atom is 0.341 e. The zero-order valence-corrected chi connectivity index (χ0v) is 15.4. The quantitative estimate of drug-likeness (QED) is 0.689. The van der Waals surface area contributed by atoms with Crippen molar-refractivity contribution in [1.82, 2.24) is 4.90 Å². The molecule has 0 aliphatic carbocycles. The van der Waals surface area contributed by atoms with Crippen molar-refractivity contribution in [3.05, 3.63) is 54.1 Å². The molecule has 0 saturated carbocycles. The van der Waals surface area contributed by atoms with Crippen LogP contribution in [-0.4, -0.2) is 48.8 Å². The van der Waals surface area contributed by atoms with Crippen molar-refractivity contribution in [2.75, 3.05) is 26.9 Å². The summed E-state index contributed by atoms with van der Waals surface area (Å²) in [6.07, 6.45) is 0. The second kappa shape index (κ2) is 10.1. The van der Waals surface area contributed by atoms with E-state index in [2.05, 4.69) is 0 Å². The summed E-state index contributed by atoms with van der Waals surface area (Å²) >= 11 is 0. The molecule has 2 aromatic carbocycles. The Bertz CT molecular complexity index is 742. The number of carboxylic acid groups (broad SMARTS) is 1. The highest BCUT2D eigenvalue weighted by molar-refractivity contribution is 5.77. The minimum atomic E-state index is -1.03. The highest BCUT2D eigenvalue weighted by atomic mass is 16.5. The monoisotopic (exact) mass is 373 g/mol. The molecule has 0 aliphatic rings. The molecule has 0 fully saturated rings. The lowest BCUT2D eigenvalue weighted by Gasteiger charge is -2.18. The van der Waals surface area contributed by atoms with Gasteiger partial charge in [0.2, 0.25) is 0 Å². The molecule has 0 aromatic heterocycles. The van der Waals surface area contributed by atoms with Gasteiger partial charge in [-0.05, 0) is 48.9 Å². The standard InChI is InChI=1S/C20H23NO6/c1-3-25-16-8-10-18(11-9-16)26-13-19(22)21(2)12-15-4-6-17(7-5-15)27-14-20(23)24/h4-11H,3,12-14H2,1-2H3,(H,23,24). The van der Waals surface area contributed by atoms with Gasteiger partial charge in [-0.15, -0.1) is 0 Å². The molecule has 0 aliphatic heterocycles. The van der Waals surface area contributed by atoms with Crippen LogP contribution in [0.25, 0.3) is 0 Å². The first-order chi connectivity index (χ1) is 13.0. The van der Waals surface area contributed by atoms with Gasteiger partial charge in [-0.3, -0.25) is 4.79 Å². The van der Waals surface area contributed by atoms with Crippen molar-refractivity contribution in [2.45, 2.75) is 13.5 Å². The van der Waals surface area contributed by atoms with Crippen LogP contribution in [0.2, 0.25) is 0 Å². The maximum atomic E-state index is 12.2. The van der Waals surface area contributed by atoms with Gasteiger partial charge in [-0.25, -0.2) is 4.79 Å². The molecule has 1 N–H and O–H groups in total. The van der Waals surface area contributed by atoms with E-state index in [1.54, 1.807) is 60.5 Å². The van der Waals surface area contributed by atoms with E-state index >= 15 is 0 Å². The number of carbonyl (C=O) groups excluding carboxylic acids is 1. The Labute approximate surface area is 158 Å². The fraction of sp³-hybridized carbons (Fsp3) is 0.300. The number of hydrogen-bond donors (Lipinski definition) is 1. The van der Waals surface area contributed by atoms with Crippen molar-refractivity contribution in [2.24, 2.45) is 0 Å². The van der Waals surface area contributed by atoms with Gasteiger partial charge in [0.1, 0.15) is 17.2 Å². The lowest BCUT2D eigenvalue weighted by atomic mass is 10.2. The SMILES string of the molecule is CCOc1ccc(OCC(=O)N(C)Cc2ccc(OCC(=O)O)cc2)cc1. The molecule has 144 valence electrons. The Morgan fingerprint density at radius 2 is 1.33 bits per heavy atom. The largest absolute Gasteiger partial charge is 0.494 e. The van der Waals surface area contributed by atoms with E-state index in [4.69, 9.17) is 19.3 Å². The average Bonchev–Trinajstić information content (AvgIpc) is 2.66. The lowest BCUT2D eigenvalue weighted by Crippen LogP contribution is -2.30. The summed E-state index contributed by atoms with van der Waals surface area (Å²) in [5.41, 5.74) is 0.898. The van der Waals surface area contributed by atoms with Crippen LogP contribution < -0.4 is 14.2 Å². The van der Waals surface area contributed by atoms with Crippen molar-refractivity contribution in [3.8, 4) is 17.2 Å². The minimum absolute atomic E-state index is 0.0652. The number of aliphatic carboxylic acids is 1. The van der Waals surface area contributed by atoms with Crippen molar-refractivity contribution in [1.29, 1.82) is 0 Å². The number of amides is 1. The Morgan fingerprint density at radius 3 is 1.85 bits per heavy atom. The molecule has 1 amide bonds. The summed E-state index contributed by atoms with van der Waals surface area (Å²) in [5, 5.41) is 8.59. The molecule has 2 rings (SSSR count). The Morgan fingerprint density at radius 1 is 0.852 bits per heavy atom. The molecule has 0 bridgehead atoms. The summed E-state index contributed by atoms with van der Waals surface area (Å²) in [7, 11) is 1.69. The second-order valence-corrected chi connectivity index (χ2v) is 5.77. The van der Waals surface area contributed by atoms with E-state index in [9.17, 15) is 9.59 Å². The molecule has 0 atom stereocenters. The predicted molar refractivity (Wildman–Crippen MR) is 99.2 cm³/mol. The third-order valence-corrected chi connectivity index (χ3v) is 3.63. The van der Waals surface area contributed by atoms with Gasteiger partial charge in [0, 0.05) is 13.6 Å². The van der Waals surface area contributed by atoms with Gasteiger partial charge < -0.3 is 24.2 Å². The zero-order valence-electron chi connectivity index (χ0n) is 15.4. The van der Waals surface area contributed by atoms with E-state index in [0.717, 1.165) is 11.3 Å². The van der Waals surface area contributed by atoms with Gasteiger partial charge in [0.05, 0.1) is 6.61 Å². The predicted octanol–water partition coefficient (Wildman–Crippen LogP) is 2.59. The average molecular weight is 373 g/mol. The number of ether oxygens (including phenoxy) is 3. The molecule has 7 heteroatoms. The van der Waals surface area contributed by atoms with Crippen LogP contribution >= 0.6 is 0 Å². The molecule has 27 heavy (non-hydrogen) atoms. The molecule has 0 heterocycles. The Balaban J connectivity index is 1.80. The molecule has 7 nitrogen and oxygen atoms in total. The summed E-state index contributed by atoms with van der Waals surface area (Å²) in [5.74, 6) is 0.630. The van der Waals surface area contributed by atoms with Crippen molar-refractivity contribution >= 4 is 11.9 Å². The summed E-state index contributed by atoms with van der Waals surface area (Å²) in [4.78, 5) is 24.3. The van der Waals surface area contributed by atoms with E-state index < -0.39 is 5.97 Å². The zero-order chi connectivity index (χ0) is 19.6. The second-order valence-electron chi connectivity index (χ2n) is 5.77. The van der Waals surface area contributed by atoms with Gasteiger partial charge >= 0.3 is 5.97 Å². The summed E-state index contributed by atoms with van der Waals surface area (Å²) in [6.45, 7) is 2.46. The van der Waals surface area contributed by atoms with E-state index in [-0.39, 0.29) is 19.1 Å². The third kappa shape index (κ3) is 6.89. The van der Waals surface area contributed by atoms with Crippen LogP contribution in [0.15, 0.2) is 48.5 Å². The topological polar surface area (TPSA) is 85.3 Å². The normalized spacial score (nSPS) is 10.1. The molecule has 0 saturated heterocycles. The first kappa shape index (κ1) is 20.1. The number of carboxylic acids is 1. The summed E-state index contributed by atoms with van der Waals surface area (Å²) in [6, 6.07) is 14.0. The van der Waals surface area contributed by atoms with Gasteiger partial charge in [0.25, 0.3) is 5.91 Å². The van der Waals surface area contributed by atoms with Crippen LogP contribution in [-0.2, 0) is 16.1 Å². The van der Waals surface area contributed by atoms with Gasteiger partial charge in [-0.1, -0.05) is 12.1 Å². The van der Waals surface area contributed by atoms with E-state index in [1.165, 1.54) is 0 Å². The highest BCUT2D eigenvalue weighted by Crippen LogP contribution is 2.18. The smallest absolute Gasteiger partial charge is 0.341 e. The molecular formula is C20H23NO6. The van der Waals surface area contributed by atoms with Crippen molar-refractivity contribution < 1.29 is 28.9 Å².